The molecule has 0 atom stereocenters. The van der Waals surface area contributed by atoms with Crippen LogP contribution in [-0.2, 0) is 6.42 Å². The van der Waals surface area contributed by atoms with E-state index in [1.807, 2.05) is 5.38 Å². The van der Waals surface area contributed by atoms with Gasteiger partial charge >= 0.3 is 5.97 Å². The highest BCUT2D eigenvalue weighted by Gasteiger charge is 2.16. The Morgan fingerprint density at radius 2 is 2.20 bits per heavy atom. The van der Waals surface area contributed by atoms with Crippen LogP contribution in [0, 0.1) is 5.92 Å². The van der Waals surface area contributed by atoms with E-state index in [0.29, 0.717) is 0 Å². The lowest BCUT2D eigenvalue weighted by Gasteiger charge is -2.20. The van der Waals surface area contributed by atoms with Crippen molar-refractivity contribution >= 4 is 17.3 Å². The molecule has 3 nitrogen and oxygen atoms in total. The van der Waals surface area contributed by atoms with Crippen molar-refractivity contribution in [3.8, 4) is 0 Å². The van der Waals surface area contributed by atoms with Gasteiger partial charge in [0, 0.05) is 5.38 Å². The van der Waals surface area contributed by atoms with E-state index in [4.69, 9.17) is 5.11 Å². The maximum Gasteiger partial charge on any atom is 0.365 e. The van der Waals surface area contributed by atoms with E-state index in [-0.39, 0.29) is 5.01 Å². The Balaban J connectivity index is 1.94. The van der Waals surface area contributed by atoms with Gasteiger partial charge in [-0.05, 0) is 12.3 Å². The second-order valence-electron chi connectivity index (χ2n) is 4.16. The number of hydrogen-bond donors (Lipinski definition) is 1. The van der Waals surface area contributed by atoms with Crippen LogP contribution in [0.5, 0.6) is 0 Å². The van der Waals surface area contributed by atoms with Crippen LogP contribution in [0.1, 0.15) is 47.6 Å². The Hall–Kier alpha value is -0.900. The summed E-state index contributed by atoms with van der Waals surface area (Å²) in [6.45, 7) is 0. The molecule has 2 rings (SSSR count). The lowest BCUT2D eigenvalue weighted by Crippen LogP contribution is -2.09. The SMILES string of the molecule is O=C(O)c1nc(CC2CCCCC2)cs1. The molecule has 1 aliphatic rings. The molecule has 1 heterocycles. The van der Waals surface area contributed by atoms with Crippen LogP contribution < -0.4 is 0 Å². The van der Waals surface area contributed by atoms with Gasteiger partial charge in [-0.1, -0.05) is 32.1 Å². The molecule has 0 unspecified atom stereocenters. The lowest BCUT2D eigenvalue weighted by atomic mass is 9.86. The fraction of sp³-hybridized carbons (Fsp3) is 0.636. The number of hydrogen-bond acceptors (Lipinski definition) is 3. The minimum Gasteiger partial charge on any atom is -0.476 e. The average Bonchev–Trinajstić information content (AvgIpc) is 2.68. The first-order valence-corrected chi connectivity index (χ1v) is 6.31. The number of carbonyl (C=O) groups is 1. The van der Waals surface area contributed by atoms with Crippen molar-refractivity contribution in [1.82, 2.24) is 4.98 Å². The smallest absolute Gasteiger partial charge is 0.365 e. The van der Waals surface area contributed by atoms with Crippen molar-refractivity contribution in [3.63, 3.8) is 0 Å². The quantitative estimate of drug-likeness (QED) is 0.860. The number of thiazole rings is 1. The molecule has 0 radical (unpaired) electrons. The highest BCUT2D eigenvalue weighted by molar-refractivity contribution is 7.11. The van der Waals surface area contributed by atoms with E-state index in [0.717, 1.165) is 18.0 Å². The van der Waals surface area contributed by atoms with Crippen LogP contribution in [-0.4, -0.2) is 16.1 Å². The molecular weight excluding hydrogens is 210 g/mol. The Kier molecular flexibility index (Phi) is 3.36. The van der Waals surface area contributed by atoms with Crippen LogP contribution >= 0.6 is 11.3 Å². The van der Waals surface area contributed by atoms with Gasteiger partial charge in [-0.3, -0.25) is 0 Å². The van der Waals surface area contributed by atoms with Crippen LogP contribution in [0.3, 0.4) is 0 Å². The topological polar surface area (TPSA) is 50.2 Å². The fourth-order valence-electron chi connectivity index (χ4n) is 2.19. The fourth-order valence-corrected chi connectivity index (χ4v) is 2.85. The lowest BCUT2D eigenvalue weighted by molar-refractivity contribution is 0.0696. The van der Waals surface area contributed by atoms with Gasteiger partial charge < -0.3 is 5.11 Å². The number of carboxylic acids is 1. The molecule has 1 aliphatic carbocycles. The highest BCUT2D eigenvalue weighted by Crippen LogP contribution is 2.27. The van der Waals surface area contributed by atoms with Crippen LogP contribution in [0.15, 0.2) is 5.38 Å². The van der Waals surface area contributed by atoms with Gasteiger partial charge in [0.25, 0.3) is 0 Å². The monoisotopic (exact) mass is 225 g/mol. The minimum atomic E-state index is -0.908. The van der Waals surface area contributed by atoms with Crippen LogP contribution in [0.2, 0.25) is 0 Å². The Labute approximate surface area is 93.2 Å². The van der Waals surface area contributed by atoms with Crippen LogP contribution in [0.25, 0.3) is 0 Å². The molecule has 15 heavy (non-hydrogen) atoms. The van der Waals surface area contributed by atoms with Crippen molar-refractivity contribution in [2.75, 3.05) is 0 Å². The summed E-state index contributed by atoms with van der Waals surface area (Å²) in [7, 11) is 0. The largest absolute Gasteiger partial charge is 0.476 e. The normalized spacial score (nSPS) is 17.9. The van der Waals surface area contributed by atoms with Crippen LogP contribution in [0.4, 0.5) is 0 Å². The van der Waals surface area contributed by atoms with Gasteiger partial charge in [0.1, 0.15) is 0 Å². The summed E-state index contributed by atoms with van der Waals surface area (Å²) in [5, 5.41) is 10.9. The third kappa shape index (κ3) is 2.78. The molecule has 1 aromatic rings. The molecule has 1 aromatic heterocycles. The Morgan fingerprint density at radius 1 is 1.47 bits per heavy atom. The molecule has 0 aliphatic heterocycles. The van der Waals surface area contributed by atoms with E-state index in [1.165, 1.54) is 43.4 Å². The highest BCUT2D eigenvalue weighted by atomic mass is 32.1. The summed E-state index contributed by atoms with van der Waals surface area (Å²) in [4.78, 5) is 14.8. The van der Waals surface area contributed by atoms with Crippen molar-refractivity contribution < 1.29 is 9.90 Å². The molecule has 0 aromatic carbocycles. The van der Waals surface area contributed by atoms with Gasteiger partial charge in [-0.15, -0.1) is 11.3 Å². The summed E-state index contributed by atoms with van der Waals surface area (Å²) in [5.74, 6) is -0.183. The summed E-state index contributed by atoms with van der Waals surface area (Å²) < 4.78 is 0. The van der Waals surface area contributed by atoms with E-state index in [1.54, 1.807) is 0 Å². The molecule has 0 bridgehead atoms. The van der Waals surface area contributed by atoms with Gasteiger partial charge in [-0.2, -0.15) is 0 Å². The molecular formula is C11H15NO2S. The standard InChI is InChI=1S/C11H15NO2S/c13-11(14)10-12-9(7-15-10)6-8-4-2-1-3-5-8/h7-8H,1-6H2,(H,13,14). The zero-order valence-electron chi connectivity index (χ0n) is 8.61. The summed E-state index contributed by atoms with van der Waals surface area (Å²) in [6, 6.07) is 0. The maximum absolute atomic E-state index is 10.7. The molecule has 1 saturated carbocycles. The number of aromatic nitrogens is 1. The molecule has 4 heteroatoms. The van der Waals surface area contributed by atoms with Crippen molar-refractivity contribution in [2.45, 2.75) is 38.5 Å². The summed E-state index contributed by atoms with van der Waals surface area (Å²) in [6.07, 6.45) is 7.51. The Bertz CT molecular complexity index is 342. The first-order chi connectivity index (χ1) is 7.25. The van der Waals surface area contributed by atoms with E-state index >= 15 is 0 Å². The predicted molar refractivity (Wildman–Crippen MR) is 59.4 cm³/mol. The molecule has 0 spiro atoms. The third-order valence-corrected chi connectivity index (χ3v) is 3.84. The van der Waals surface area contributed by atoms with Gasteiger partial charge in [0.15, 0.2) is 0 Å². The first kappa shape index (κ1) is 10.6. The van der Waals surface area contributed by atoms with Gasteiger partial charge in [-0.25, -0.2) is 9.78 Å². The van der Waals surface area contributed by atoms with Crippen molar-refractivity contribution in [3.05, 3.63) is 16.1 Å². The van der Waals surface area contributed by atoms with Gasteiger partial charge in [0.2, 0.25) is 5.01 Å². The molecule has 1 N–H and O–H groups in total. The minimum absolute atomic E-state index is 0.223. The average molecular weight is 225 g/mol. The zero-order chi connectivity index (χ0) is 10.7. The molecule has 1 fully saturated rings. The summed E-state index contributed by atoms with van der Waals surface area (Å²) >= 11 is 1.24. The van der Waals surface area contributed by atoms with Gasteiger partial charge in [0.05, 0.1) is 5.69 Å². The molecule has 0 saturated heterocycles. The zero-order valence-corrected chi connectivity index (χ0v) is 9.42. The number of carboxylic acid groups (broad SMARTS) is 1. The van der Waals surface area contributed by atoms with E-state index < -0.39 is 5.97 Å². The van der Waals surface area contributed by atoms with E-state index in [9.17, 15) is 4.79 Å². The van der Waals surface area contributed by atoms with Crippen molar-refractivity contribution in [2.24, 2.45) is 5.92 Å². The number of aromatic carboxylic acids is 1. The predicted octanol–water partition coefficient (Wildman–Crippen LogP) is 2.96. The molecule has 82 valence electrons. The third-order valence-electron chi connectivity index (χ3n) is 2.96. The number of nitrogens with zero attached hydrogens (tertiary/aromatic N) is 1. The maximum atomic E-state index is 10.7. The second-order valence-corrected chi connectivity index (χ2v) is 5.02. The van der Waals surface area contributed by atoms with E-state index in [2.05, 4.69) is 4.98 Å². The summed E-state index contributed by atoms with van der Waals surface area (Å²) in [5.41, 5.74) is 0.962. The second kappa shape index (κ2) is 4.75. The molecule has 0 amide bonds. The first-order valence-electron chi connectivity index (χ1n) is 5.43. The number of rotatable bonds is 3. The van der Waals surface area contributed by atoms with Crippen molar-refractivity contribution in [1.29, 1.82) is 0 Å². The Morgan fingerprint density at radius 3 is 2.80 bits per heavy atom.